The fourth-order valence-corrected chi connectivity index (χ4v) is 4.74. The third-order valence-corrected chi connectivity index (χ3v) is 6.09. The lowest BCUT2D eigenvalue weighted by molar-refractivity contribution is 1.04. The summed E-state index contributed by atoms with van der Waals surface area (Å²) < 4.78 is 0. The van der Waals surface area contributed by atoms with Crippen LogP contribution in [0.4, 0.5) is 0 Å². The van der Waals surface area contributed by atoms with E-state index in [2.05, 4.69) is 92.7 Å². The number of allylic oxidation sites excluding steroid dienone is 4. The van der Waals surface area contributed by atoms with Crippen molar-refractivity contribution in [3.8, 4) is 11.1 Å². The molecule has 0 fully saturated rings. The van der Waals surface area contributed by atoms with Crippen LogP contribution in [0.5, 0.6) is 0 Å². The first-order valence-corrected chi connectivity index (χ1v) is 9.90. The Morgan fingerprint density at radius 2 is 1.37 bits per heavy atom. The summed E-state index contributed by atoms with van der Waals surface area (Å²) in [6.07, 6.45) is 7.21. The maximum atomic E-state index is 2.47. The first-order chi connectivity index (χ1) is 13.2. The Balaban J connectivity index is 1.70. The molecule has 0 saturated carbocycles. The molecule has 3 aromatic rings. The molecular formula is C26H23B. The highest BCUT2D eigenvalue weighted by atomic mass is 14.2. The Morgan fingerprint density at radius 3 is 2.22 bits per heavy atom. The fraction of sp³-hybridized carbons (Fsp3) is 0.154. The van der Waals surface area contributed by atoms with Crippen molar-refractivity contribution in [2.45, 2.75) is 26.7 Å². The van der Waals surface area contributed by atoms with E-state index in [0.717, 1.165) is 12.8 Å². The van der Waals surface area contributed by atoms with Gasteiger partial charge in [0.25, 0.3) is 0 Å². The Hall–Kier alpha value is -2.80. The average Bonchev–Trinajstić information content (AvgIpc) is 3.04. The van der Waals surface area contributed by atoms with Gasteiger partial charge in [-0.15, -0.1) is 0 Å². The molecule has 2 aliphatic rings. The number of rotatable bonds is 2. The van der Waals surface area contributed by atoms with Gasteiger partial charge in [-0.1, -0.05) is 95.3 Å². The topological polar surface area (TPSA) is 0 Å². The van der Waals surface area contributed by atoms with E-state index in [1.165, 1.54) is 49.8 Å². The molecule has 0 N–H and O–H groups in total. The standard InChI is InChI=1S/C26H23B/c1-18-9-3-4-10-21(18)24-17-20(16-15-19(24)2)27-25-13-7-5-11-22(25)23-12-6-8-14-26(23)27/h3-5,7,9-17H,6,8H2,1-2H3. The minimum absolute atomic E-state index is 0.358. The predicted octanol–water partition coefficient (Wildman–Crippen LogP) is 5.24. The highest BCUT2D eigenvalue weighted by Crippen LogP contribution is 2.35. The molecule has 5 rings (SSSR count). The van der Waals surface area contributed by atoms with E-state index in [0.29, 0.717) is 6.71 Å². The van der Waals surface area contributed by atoms with E-state index in [1.807, 2.05) is 0 Å². The van der Waals surface area contributed by atoms with Crippen LogP contribution in [0.1, 0.15) is 29.5 Å². The highest BCUT2D eigenvalue weighted by Gasteiger charge is 2.36. The summed E-state index contributed by atoms with van der Waals surface area (Å²) in [5, 5.41) is 0. The maximum Gasteiger partial charge on any atom is 0.242 e. The van der Waals surface area contributed by atoms with Crippen LogP contribution in [0.2, 0.25) is 0 Å². The molecule has 1 heteroatoms. The van der Waals surface area contributed by atoms with Gasteiger partial charge in [0.1, 0.15) is 0 Å². The van der Waals surface area contributed by atoms with Gasteiger partial charge >= 0.3 is 0 Å². The lowest BCUT2D eigenvalue weighted by atomic mass is 9.38. The number of benzene rings is 3. The molecule has 1 aliphatic carbocycles. The van der Waals surface area contributed by atoms with Crippen molar-refractivity contribution < 1.29 is 0 Å². The SMILES string of the molecule is Cc1ccccc1-c1cc(B2C3=CCCC=C3c3ccccc32)ccc1C. The molecule has 0 saturated heterocycles. The van der Waals surface area contributed by atoms with Crippen LogP contribution in [0.15, 0.2) is 84.4 Å². The monoisotopic (exact) mass is 346 g/mol. The quantitative estimate of drug-likeness (QED) is 0.557. The Bertz CT molecular complexity index is 1100. The largest absolute Gasteiger partial charge is 0.242 e. The molecule has 0 amide bonds. The molecule has 0 atom stereocenters. The van der Waals surface area contributed by atoms with Crippen LogP contribution >= 0.6 is 0 Å². The van der Waals surface area contributed by atoms with Crippen molar-refractivity contribution in [3.05, 3.63) is 101 Å². The zero-order valence-electron chi connectivity index (χ0n) is 16.0. The normalized spacial score (nSPS) is 15.1. The van der Waals surface area contributed by atoms with Crippen molar-refractivity contribution in [1.82, 2.24) is 0 Å². The summed E-state index contributed by atoms with van der Waals surface area (Å²) in [4.78, 5) is 0. The van der Waals surface area contributed by atoms with Crippen molar-refractivity contribution >= 4 is 23.2 Å². The van der Waals surface area contributed by atoms with Crippen LogP contribution in [0.25, 0.3) is 16.7 Å². The fourth-order valence-electron chi connectivity index (χ4n) is 4.74. The van der Waals surface area contributed by atoms with E-state index in [1.54, 1.807) is 0 Å². The van der Waals surface area contributed by atoms with Crippen molar-refractivity contribution in [2.75, 3.05) is 0 Å². The minimum Gasteiger partial charge on any atom is -0.0883 e. The van der Waals surface area contributed by atoms with Crippen LogP contribution in [0, 0.1) is 13.8 Å². The zero-order valence-corrected chi connectivity index (χ0v) is 16.0. The summed E-state index contributed by atoms with van der Waals surface area (Å²) >= 11 is 0. The van der Waals surface area contributed by atoms with Gasteiger partial charge in [0.05, 0.1) is 0 Å². The van der Waals surface area contributed by atoms with Gasteiger partial charge in [-0.05, 0) is 60.1 Å². The second-order valence-corrected chi connectivity index (χ2v) is 7.76. The predicted molar refractivity (Wildman–Crippen MR) is 118 cm³/mol. The first kappa shape index (κ1) is 16.4. The van der Waals surface area contributed by atoms with Crippen molar-refractivity contribution in [3.63, 3.8) is 0 Å². The molecule has 0 spiro atoms. The summed E-state index contributed by atoms with van der Waals surface area (Å²) in [6, 6.07) is 24.7. The molecule has 1 aliphatic heterocycles. The first-order valence-electron chi connectivity index (χ1n) is 9.90. The van der Waals surface area contributed by atoms with E-state index >= 15 is 0 Å². The van der Waals surface area contributed by atoms with Crippen LogP contribution in [0.3, 0.4) is 0 Å². The van der Waals surface area contributed by atoms with Crippen LogP contribution < -0.4 is 10.9 Å². The minimum atomic E-state index is 0.358. The van der Waals surface area contributed by atoms with Gasteiger partial charge in [-0.25, -0.2) is 0 Å². The summed E-state index contributed by atoms with van der Waals surface area (Å²) in [6.45, 7) is 4.78. The van der Waals surface area contributed by atoms with Gasteiger partial charge in [-0.2, -0.15) is 0 Å². The highest BCUT2D eigenvalue weighted by molar-refractivity contribution is 6.95. The number of fused-ring (bicyclic) bond motifs is 3. The number of aryl methyl sites for hydroxylation is 2. The molecule has 0 bridgehead atoms. The average molecular weight is 346 g/mol. The summed E-state index contributed by atoms with van der Waals surface area (Å²) in [5.41, 5.74) is 12.6. The second kappa shape index (κ2) is 6.42. The van der Waals surface area contributed by atoms with Gasteiger partial charge in [0.15, 0.2) is 0 Å². The lowest BCUT2D eigenvalue weighted by Gasteiger charge is -2.17. The zero-order chi connectivity index (χ0) is 18.4. The summed E-state index contributed by atoms with van der Waals surface area (Å²) in [7, 11) is 0. The second-order valence-electron chi connectivity index (χ2n) is 7.76. The number of hydrogen-bond donors (Lipinski definition) is 0. The number of hydrogen-bond acceptors (Lipinski definition) is 0. The molecule has 3 aromatic carbocycles. The van der Waals surface area contributed by atoms with E-state index < -0.39 is 0 Å². The van der Waals surface area contributed by atoms with Gasteiger partial charge in [0.2, 0.25) is 6.71 Å². The van der Waals surface area contributed by atoms with Crippen LogP contribution in [-0.4, -0.2) is 6.71 Å². The Morgan fingerprint density at radius 1 is 0.667 bits per heavy atom. The molecule has 0 aromatic heterocycles. The van der Waals surface area contributed by atoms with Crippen LogP contribution in [-0.2, 0) is 0 Å². The maximum absolute atomic E-state index is 2.47. The summed E-state index contributed by atoms with van der Waals surface area (Å²) in [5.74, 6) is 0. The van der Waals surface area contributed by atoms with Gasteiger partial charge in [-0.3, -0.25) is 0 Å². The van der Waals surface area contributed by atoms with Gasteiger partial charge in [0, 0.05) is 0 Å². The molecule has 130 valence electrons. The van der Waals surface area contributed by atoms with E-state index in [9.17, 15) is 0 Å². The Labute approximate surface area is 162 Å². The van der Waals surface area contributed by atoms with Gasteiger partial charge < -0.3 is 0 Å². The molecule has 27 heavy (non-hydrogen) atoms. The Kier molecular flexibility index (Phi) is 3.90. The van der Waals surface area contributed by atoms with Crippen molar-refractivity contribution in [1.29, 1.82) is 0 Å². The van der Waals surface area contributed by atoms with E-state index in [4.69, 9.17) is 0 Å². The molecule has 0 nitrogen and oxygen atoms in total. The van der Waals surface area contributed by atoms with E-state index in [-0.39, 0.29) is 0 Å². The molecular weight excluding hydrogens is 323 g/mol. The van der Waals surface area contributed by atoms with Crippen molar-refractivity contribution in [2.24, 2.45) is 0 Å². The molecule has 1 heterocycles. The molecule has 0 radical (unpaired) electrons. The molecule has 0 unspecified atom stereocenters. The third-order valence-electron chi connectivity index (χ3n) is 6.09. The lowest BCUT2D eigenvalue weighted by Crippen LogP contribution is -2.41. The smallest absolute Gasteiger partial charge is 0.0883 e. The third kappa shape index (κ3) is 2.61.